The van der Waals surface area contributed by atoms with Crippen LogP contribution in [0.15, 0.2) is 75.5 Å². The molecule has 0 bridgehead atoms. The highest BCUT2D eigenvalue weighted by molar-refractivity contribution is 7.99. The zero-order chi connectivity index (χ0) is 18.7. The third-order valence-corrected chi connectivity index (χ3v) is 6.47. The van der Waals surface area contributed by atoms with Crippen LogP contribution in [0.3, 0.4) is 0 Å². The second-order valence-electron chi connectivity index (χ2n) is 5.47. The summed E-state index contributed by atoms with van der Waals surface area (Å²) in [6.45, 7) is 2.03. The molecule has 0 aliphatic heterocycles. The fourth-order valence-electron chi connectivity index (χ4n) is 2.13. The molecule has 0 fully saturated rings. The van der Waals surface area contributed by atoms with Crippen molar-refractivity contribution in [3.8, 4) is 0 Å². The summed E-state index contributed by atoms with van der Waals surface area (Å²) in [5.41, 5.74) is 1.19. The molecule has 0 atom stereocenters. The summed E-state index contributed by atoms with van der Waals surface area (Å²) in [5.74, 6) is 0.212. The van der Waals surface area contributed by atoms with E-state index < -0.39 is 10.0 Å². The van der Waals surface area contributed by atoms with Crippen LogP contribution in [0.1, 0.15) is 5.56 Å². The minimum atomic E-state index is -3.85. The van der Waals surface area contributed by atoms with Gasteiger partial charge in [0.2, 0.25) is 0 Å². The molecule has 0 radical (unpaired) electrons. The van der Waals surface area contributed by atoms with Crippen molar-refractivity contribution in [3.05, 3.63) is 76.4 Å². The lowest BCUT2D eigenvalue weighted by Crippen LogP contribution is -2.14. The Bertz CT molecular complexity index is 1020. The number of rotatable bonds is 5. The normalized spacial score (nSPS) is 11.3. The molecule has 8 heteroatoms. The zero-order valence-corrected chi connectivity index (χ0v) is 16.8. The van der Waals surface area contributed by atoms with Gasteiger partial charge in [0.15, 0.2) is 0 Å². The van der Waals surface area contributed by atoms with E-state index in [1.54, 1.807) is 30.1 Å². The Balaban J connectivity index is 1.75. The number of hydrogen-bond acceptors (Lipinski definition) is 4. The van der Waals surface area contributed by atoms with Crippen molar-refractivity contribution in [1.82, 2.24) is 4.98 Å². The minimum Gasteiger partial charge on any atom is -0.263 e. The maximum absolute atomic E-state index is 12.5. The molecule has 3 aromatic rings. The molecule has 0 amide bonds. The third kappa shape index (κ3) is 4.71. The molecule has 1 aromatic heterocycles. The van der Waals surface area contributed by atoms with Gasteiger partial charge in [-0.05, 0) is 49.4 Å². The van der Waals surface area contributed by atoms with Gasteiger partial charge in [-0.2, -0.15) is 0 Å². The first-order valence-electron chi connectivity index (χ1n) is 7.52. The number of nitrogens with one attached hydrogen (secondary N) is 1. The second-order valence-corrected chi connectivity index (χ2v) is 9.12. The molecule has 1 heterocycles. The predicted molar refractivity (Wildman–Crippen MR) is 107 cm³/mol. The fraction of sp³-hybridized carbons (Fsp3) is 0.0556. The molecule has 0 aliphatic rings. The number of hydrogen-bond donors (Lipinski definition) is 1. The molecule has 0 saturated heterocycles. The summed E-state index contributed by atoms with van der Waals surface area (Å²) in [5, 5.41) is 0.418. The fourth-order valence-corrected chi connectivity index (χ4v) is 4.70. The molecular formula is C18H14Cl2N2O2S2. The van der Waals surface area contributed by atoms with Crippen molar-refractivity contribution in [2.75, 3.05) is 4.72 Å². The zero-order valence-electron chi connectivity index (χ0n) is 13.6. The lowest BCUT2D eigenvalue weighted by atomic mass is 10.2. The molecule has 0 saturated carbocycles. The van der Waals surface area contributed by atoms with Gasteiger partial charge in [0.25, 0.3) is 10.0 Å². The first kappa shape index (κ1) is 19.0. The van der Waals surface area contributed by atoms with Gasteiger partial charge in [-0.25, -0.2) is 13.4 Å². The number of aromatic nitrogens is 1. The van der Waals surface area contributed by atoms with Crippen LogP contribution < -0.4 is 4.72 Å². The number of pyridine rings is 1. The molecule has 3 rings (SSSR count). The summed E-state index contributed by atoms with van der Waals surface area (Å²) < 4.78 is 27.3. The maximum Gasteiger partial charge on any atom is 0.264 e. The number of halogens is 2. The highest BCUT2D eigenvalue weighted by Crippen LogP contribution is 2.29. The summed E-state index contributed by atoms with van der Waals surface area (Å²) in [4.78, 5) is 6.10. The minimum absolute atomic E-state index is 0.0523. The van der Waals surface area contributed by atoms with E-state index in [2.05, 4.69) is 9.71 Å². The van der Waals surface area contributed by atoms with Crippen molar-refractivity contribution in [2.45, 2.75) is 21.6 Å². The largest absolute Gasteiger partial charge is 0.264 e. The summed E-state index contributed by atoms with van der Waals surface area (Å²) in [6, 6.07) is 15.7. The quantitative estimate of drug-likeness (QED) is 0.574. The Morgan fingerprint density at radius 2 is 1.65 bits per heavy atom. The number of nitrogens with zero attached hydrogens (tertiary/aromatic N) is 1. The predicted octanol–water partition coefficient (Wildman–Crippen LogP) is 5.65. The van der Waals surface area contributed by atoms with Crippen molar-refractivity contribution < 1.29 is 8.42 Å². The van der Waals surface area contributed by atoms with Gasteiger partial charge in [-0.1, -0.05) is 52.7 Å². The van der Waals surface area contributed by atoms with Gasteiger partial charge in [0.05, 0.1) is 5.02 Å². The van der Waals surface area contributed by atoms with E-state index in [0.717, 1.165) is 9.79 Å². The Labute approximate surface area is 166 Å². The summed E-state index contributed by atoms with van der Waals surface area (Å²) >= 11 is 13.3. The summed E-state index contributed by atoms with van der Waals surface area (Å²) in [6.07, 6.45) is 1.62. The first-order chi connectivity index (χ1) is 12.3. The average molecular weight is 425 g/mol. The number of sulfonamides is 1. The standard InChI is InChI=1S/C18H14Cl2N2O2S2/c1-12-2-5-14(6-3-12)25-15-7-9-18(21-11-15)22-26(23,24)17-8-4-13(19)10-16(17)20/h2-11H,1H3,(H,21,22). The molecular weight excluding hydrogens is 411 g/mol. The maximum atomic E-state index is 12.5. The van der Waals surface area contributed by atoms with Crippen LogP contribution in [0.25, 0.3) is 0 Å². The summed E-state index contributed by atoms with van der Waals surface area (Å²) in [7, 11) is -3.85. The second kappa shape index (κ2) is 7.88. The van der Waals surface area contributed by atoms with Crippen molar-refractivity contribution in [1.29, 1.82) is 0 Å². The average Bonchev–Trinajstić information content (AvgIpc) is 2.58. The Kier molecular flexibility index (Phi) is 5.77. The molecule has 2 aromatic carbocycles. The van der Waals surface area contributed by atoms with Gasteiger partial charge in [-0.3, -0.25) is 4.72 Å². The van der Waals surface area contributed by atoms with E-state index >= 15 is 0 Å². The van der Waals surface area contributed by atoms with Crippen molar-refractivity contribution in [3.63, 3.8) is 0 Å². The SMILES string of the molecule is Cc1ccc(Sc2ccc(NS(=O)(=O)c3ccc(Cl)cc3Cl)nc2)cc1. The lowest BCUT2D eigenvalue weighted by Gasteiger charge is -2.09. The van der Waals surface area contributed by atoms with Crippen LogP contribution in [0.2, 0.25) is 10.0 Å². The molecule has 0 aliphatic carbocycles. The highest BCUT2D eigenvalue weighted by atomic mass is 35.5. The molecule has 4 nitrogen and oxygen atoms in total. The molecule has 0 spiro atoms. The Morgan fingerprint density at radius 1 is 0.962 bits per heavy atom. The van der Waals surface area contributed by atoms with Gasteiger partial charge in [0.1, 0.15) is 10.7 Å². The van der Waals surface area contributed by atoms with Gasteiger partial charge in [0, 0.05) is 21.0 Å². The monoisotopic (exact) mass is 424 g/mol. The first-order valence-corrected chi connectivity index (χ1v) is 10.6. The van der Waals surface area contributed by atoms with E-state index in [4.69, 9.17) is 23.2 Å². The smallest absolute Gasteiger partial charge is 0.263 e. The number of benzene rings is 2. The number of aryl methyl sites for hydroxylation is 1. The van der Waals surface area contributed by atoms with E-state index in [1.807, 2.05) is 31.2 Å². The van der Waals surface area contributed by atoms with E-state index in [-0.39, 0.29) is 15.7 Å². The Morgan fingerprint density at radius 3 is 2.27 bits per heavy atom. The van der Waals surface area contributed by atoms with Crippen molar-refractivity contribution >= 4 is 50.8 Å². The van der Waals surface area contributed by atoms with Crippen LogP contribution in [0.5, 0.6) is 0 Å². The Hall–Kier alpha value is -1.73. The van der Waals surface area contributed by atoms with E-state index in [0.29, 0.717) is 5.02 Å². The van der Waals surface area contributed by atoms with Crippen LogP contribution >= 0.6 is 35.0 Å². The lowest BCUT2D eigenvalue weighted by molar-refractivity contribution is 0.601. The van der Waals surface area contributed by atoms with Crippen LogP contribution in [0, 0.1) is 6.92 Å². The molecule has 26 heavy (non-hydrogen) atoms. The number of anilines is 1. The van der Waals surface area contributed by atoms with Crippen molar-refractivity contribution in [2.24, 2.45) is 0 Å². The van der Waals surface area contributed by atoms with Crippen LogP contribution in [0.4, 0.5) is 5.82 Å². The van der Waals surface area contributed by atoms with Gasteiger partial charge in [-0.15, -0.1) is 0 Å². The van der Waals surface area contributed by atoms with Crippen LogP contribution in [-0.2, 0) is 10.0 Å². The van der Waals surface area contributed by atoms with E-state index in [9.17, 15) is 8.42 Å². The molecule has 134 valence electrons. The highest BCUT2D eigenvalue weighted by Gasteiger charge is 2.18. The molecule has 1 N–H and O–H groups in total. The van der Waals surface area contributed by atoms with Gasteiger partial charge < -0.3 is 0 Å². The van der Waals surface area contributed by atoms with Gasteiger partial charge >= 0.3 is 0 Å². The molecule has 0 unspecified atom stereocenters. The topological polar surface area (TPSA) is 59.1 Å². The third-order valence-electron chi connectivity index (χ3n) is 3.42. The van der Waals surface area contributed by atoms with Crippen LogP contribution in [-0.4, -0.2) is 13.4 Å². The van der Waals surface area contributed by atoms with E-state index in [1.165, 1.54) is 23.8 Å².